The molecule has 3 aromatic heterocycles. The Hall–Kier alpha value is -4.67. The number of benzene rings is 5. The van der Waals surface area contributed by atoms with Gasteiger partial charge in [-0.05, 0) is 65.3 Å². The third kappa shape index (κ3) is 7.97. The molecule has 5 aromatic carbocycles. The topological polar surface area (TPSA) is 30.7 Å². The minimum atomic E-state index is 0. The van der Waals surface area contributed by atoms with Crippen molar-refractivity contribution in [2.24, 2.45) is 0 Å². The molecule has 8 aromatic rings. The van der Waals surface area contributed by atoms with Crippen LogP contribution in [0.1, 0.15) is 61.8 Å². The third-order valence-corrected chi connectivity index (χ3v) is 10.0. The Morgan fingerprint density at radius 3 is 2.10 bits per heavy atom. The second-order valence-corrected chi connectivity index (χ2v) is 14.1. The van der Waals surface area contributed by atoms with E-state index in [1.165, 1.54) is 38.0 Å². The van der Waals surface area contributed by atoms with Gasteiger partial charge in [0.1, 0.15) is 0 Å². The number of rotatable bonds is 8. The zero-order valence-corrected chi connectivity index (χ0v) is 32.6. The van der Waals surface area contributed by atoms with Crippen LogP contribution in [0.2, 0.25) is 0 Å². The van der Waals surface area contributed by atoms with E-state index in [0.717, 1.165) is 46.5 Å². The Morgan fingerprint density at radius 1 is 0.686 bits per heavy atom. The summed E-state index contributed by atoms with van der Waals surface area (Å²) in [7, 11) is 0. The van der Waals surface area contributed by atoms with E-state index < -0.39 is 0 Å². The predicted molar refractivity (Wildman–Crippen MR) is 211 cm³/mol. The standard InChI is InChI=1S/C35H33N2S.C11H8N.Ir/c1-23(2)27-13-10-14-28(24(3)4)34(27)37-32-16-9-8-15-31(32)36-35(37)30-22-38-33-20-19-26(21-29(30)33)18-17-25-11-6-5-7-12-25;1-2-6-10(7-3-1)11-8-4-5-9-12-11;/h5-16,19-21,23-24H,17-18H2,1-4H3;1-6,8-9H;/q2*-1;. The van der Waals surface area contributed by atoms with E-state index in [2.05, 4.69) is 140 Å². The van der Waals surface area contributed by atoms with Crippen LogP contribution in [-0.4, -0.2) is 14.5 Å². The third-order valence-electron chi connectivity index (χ3n) is 9.12. The average molecular weight is 860 g/mol. The first-order chi connectivity index (χ1) is 24.5. The van der Waals surface area contributed by atoms with Gasteiger partial charge in [0.25, 0.3) is 0 Å². The van der Waals surface area contributed by atoms with Crippen LogP contribution in [0.25, 0.3) is 49.5 Å². The van der Waals surface area contributed by atoms with Crippen molar-refractivity contribution >= 4 is 32.5 Å². The van der Waals surface area contributed by atoms with Crippen LogP contribution >= 0.6 is 11.3 Å². The van der Waals surface area contributed by atoms with Crippen LogP contribution in [0.5, 0.6) is 0 Å². The molecule has 0 bridgehead atoms. The van der Waals surface area contributed by atoms with Gasteiger partial charge in [-0.2, -0.15) is 0 Å². The minimum Gasteiger partial charge on any atom is -0.333 e. The van der Waals surface area contributed by atoms with E-state index in [0.29, 0.717) is 11.8 Å². The van der Waals surface area contributed by atoms with Crippen LogP contribution in [0.15, 0.2) is 140 Å². The van der Waals surface area contributed by atoms with Gasteiger partial charge in [-0.3, -0.25) is 16.3 Å². The van der Waals surface area contributed by atoms with Gasteiger partial charge in [-0.25, -0.2) is 0 Å². The smallest absolute Gasteiger partial charge is 0.0774 e. The number of pyridine rings is 1. The van der Waals surface area contributed by atoms with Crippen LogP contribution in [0.4, 0.5) is 0 Å². The summed E-state index contributed by atoms with van der Waals surface area (Å²) in [4.78, 5) is 9.46. The van der Waals surface area contributed by atoms with Crippen molar-refractivity contribution in [2.75, 3.05) is 0 Å². The Balaban J connectivity index is 0.000000291. The number of hydrogen-bond donors (Lipinski definition) is 0. The molecule has 5 heteroatoms. The second-order valence-electron chi connectivity index (χ2n) is 13.2. The normalized spacial score (nSPS) is 11.1. The fourth-order valence-corrected chi connectivity index (χ4v) is 7.36. The van der Waals surface area contributed by atoms with Crippen LogP contribution in [0, 0.1) is 11.4 Å². The molecule has 0 N–H and O–H groups in total. The first-order valence-corrected chi connectivity index (χ1v) is 18.3. The minimum absolute atomic E-state index is 0. The van der Waals surface area contributed by atoms with Crippen molar-refractivity contribution in [1.82, 2.24) is 14.5 Å². The summed E-state index contributed by atoms with van der Waals surface area (Å²) in [5.74, 6) is 1.77. The molecule has 1 radical (unpaired) electrons. The first kappa shape index (κ1) is 36.1. The van der Waals surface area contributed by atoms with Crippen LogP contribution in [0.3, 0.4) is 0 Å². The molecule has 0 amide bonds. The Labute approximate surface area is 319 Å². The van der Waals surface area contributed by atoms with E-state index in [1.807, 2.05) is 42.5 Å². The van der Waals surface area contributed by atoms with Crippen molar-refractivity contribution in [1.29, 1.82) is 0 Å². The van der Waals surface area contributed by atoms with Crippen LogP contribution < -0.4 is 0 Å². The molecule has 51 heavy (non-hydrogen) atoms. The molecule has 0 aliphatic carbocycles. The molecule has 0 unspecified atom stereocenters. The largest absolute Gasteiger partial charge is 0.333 e. The summed E-state index contributed by atoms with van der Waals surface area (Å²) < 4.78 is 3.66. The number of nitrogens with zero attached hydrogens (tertiary/aromatic N) is 3. The quantitative estimate of drug-likeness (QED) is 0.143. The number of aryl methyl sites for hydroxylation is 2. The van der Waals surface area contributed by atoms with Gasteiger partial charge in [0, 0.05) is 32.0 Å². The van der Waals surface area contributed by atoms with Crippen molar-refractivity contribution in [3.05, 3.63) is 173 Å². The number of thiophene rings is 1. The van der Waals surface area contributed by atoms with Crippen molar-refractivity contribution in [3.8, 4) is 28.3 Å². The molecule has 0 fully saturated rings. The fraction of sp³-hybridized carbons (Fsp3) is 0.174. The number of para-hydroxylation sites is 3. The van der Waals surface area contributed by atoms with Gasteiger partial charge in [0.05, 0.1) is 16.9 Å². The fourth-order valence-electron chi connectivity index (χ4n) is 6.54. The maximum Gasteiger partial charge on any atom is 0.0774 e. The van der Waals surface area contributed by atoms with Gasteiger partial charge < -0.3 is 9.55 Å². The maximum atomic E-state index is 5.24. The molecule has 0 saturated heterocycles. The summed E-state index contributed by atoms with van der Waals surface area (Å²) in [6, 6.07) is 49.7. The summed E-state index contributed by atoms with van der Waals surface area (Å²) in [6.07, 6.45) is 3.84. The summed E-state index contributed by atoms with van der Waals surface area (Å²) in [5.41, 5.74) is 12.0. The van der Waals surface area contributed by atoms with Gasteiger partial charge in [0.2, 0.25) is 0 Å². The average Bonchev–Trinajstić information content (AvgIpc) is 3.76. The monoisotopic (exact) mass is 860 g/mol. The number of imidazole rings is 1. The number of aromatic nitrogens is 3. The van der Waals surface area contributed by atoms with Crippen molar-refractivity contribution in [2.45, 2.75) is 52.4 Å². The summed E-state index contributed by atoms with van der Waals surface area (Å²) >= 11 is 1.69. The van der Waals surface area contributed by atoms with E-state index in [-0.39, 0.29) is 20.1 Å². The summed E-state index contributed by atoms with van der Waals surface area (Å²) in [5, 5.41) is 4.90. The zero-order valence-electron chi connectivity index (χ0n) is 29.4. The molecular formula is C46H41IrN3S-2. The van der Waals surface area contributed by atoms with Gasteiger partial charge in [-0.15, -0.1) is 47.3 Å². The SMILES string of the molecule is CC(C)c1cccc(C(C)C)c1-n1c(-c2[c-]sc3ccc(CCc4ccccc4)cc23)nc2ccccc21.[Ir].[c-]1ccccc1-c1ccccn1. The molecule has 3 heterocycles. The van der Waals surface area contributed by atoms with Gasteiger partial charge >= 0.3 is 0 Å². The number of fused-ring (bicyclic) bond motifs is 2. The van der Waals surface area contributed by atoms with E-state index in [4.69, 9.17) is 4.98 Å². The Morgan fingerprint density at radius 2 is 1.39 bits per heavy atom. The molecule has 0 atom stereocenters. The molecule has 8 rings (SSSR count). The van der Waals surface area contributed by atoms with E-state index >= 15 is 0 Å². The molecule has 0 spiro atoms. The second kappa shape index (κ2) is 16.6. The van der Waals surface area contributed by atoms with Gasteiger partial charge in [-0.1, -0.05) is 134 Å². The maximum absolute atomic E-state index is 5.24. The van der Waals surface area contributed by atoms with Gasteiger partial charge in [0.15, 0.2) is 0 Å². The first-order valence-electron chi connectivity index (χ1n) is 17.4. The molecular weight excluding hydrogens is 819 g/mol. The Kier molecular flexibility index (Phi) is 11.7. The van der Waals surface area contributed by atoms with E-state index in [1.54, 1.807) is 17.5 Å². The molecule has 0 aliphatic rings. The summed E-state index contributed by atoms with van der Waals surface area (Å²) in [6.45, 7) is 9.14. The van der Waals surface area contributed by atoms with Crippen molar-refractivity contribution < 1.29 is 20.1 Å². The van der Waals surface area contributed by atoms with Crippen LogP contribution in [-0.2, 0) is 32.9 Å². The molecule has 0 aliphatic heterocycles. The zero-order chi connectivity index (χ0) is 34.5. The Bertz CT molecular complexity index is 2260. The molecule has 0 saturated carbocycles. The molecule has 3 nitrogen and oxygen atoms in total. The number of hydrogen-bond acceptors (Lipinski definition) is 3. The van der Waals surface area contributed by atoms with E-state index in [9.17, 15) is 0 Å². The van der Waals surface area contributed by atoms with Crippen molar-refractivity contribution in [3.63, 3.8) is 0 Å². The predicted octanol–water partition coefficient (Wildman–Crippen LogP) is 12.3. The molecule has 257 valence electrons.